The summed E-state index contributed by atoms with van der Waals surface area (Å²) >= 11 is 0. The van der Waals surface area contributed by atoms with Crippen LogP contribution in [-0.4, -0.2) is 91.2 Å². The fourth-order valence-corrected chi connectivity index (χ4v) is 6.06. The number of carbonyl (C=O) groups is 3. The number of hydrogen-bond donors (Lipinski definition) is 3. The molecule has 3 saturated heterocycles. The molecule has 44 heavy (non-hydrogen) atoms. The Kier molecular flexibility index (Phi) is 9.55. The van der Waals surface area contributed by atoms with Crippen molar-refractivity contribution in [3.63, 3.8) is 0 Å². The van der Waals surface area contributed by atoms with Gasteiger partial charge in [0.05, 0.1) is 19.3 Å². The second kappa shape index (κ2) is 13.9. The van der Waals surface area contributed by atoms with Crippen molar-refractivity contribution >= 4 is 17.7 Å². The number of carbonyl (C=O) groups excluding carboxylic acids is 3. The predicted octanol–water partition coefficient (Wildman–Crippen LogP) is 1.73. The predicted molar refractivity (Wildman–Crippen MR) is 163 cm³/mol. The van der Waals surface area contributed by atoms with E-state index in [-0.39, 0.29) is 49.2 Å². The smallest absolute Gasteiger partial charge is 0.243 e. The lowest BCUT2D eigenvalue weighted by atomic mass is 10.1. The summed E-state index contributed by atoms with van der Waals surface area (Å²) in [4.78, 5) is 42.9. The lowest BCUT2D eigenvalue weighted by molar-refractivity contribution is -0.139. The molecule has 0 unspecified atom stereocenters. The van der Waals surface area contributed by atoms with E-state index in [1.807, 2.05) is 36.4 Å². The Bertz CT molecular complexity index is 1400. The second-order valence-corrected chi connectivity index (χ2v) is 12.3. The molecule has 1 aliphatic carbocycles. The molecule has 3 aliphatic heterocycles. The van der Waals surface area contributed by atoms with Gasteiger partial charge in [-0.2, -0.15) is 0 Å². The number of nitrogens with zero attached hydrogens (tertiary/aromatic N) is 2. The van der Waals surface area contributed by atoms with Crippen LogP contribution in [0.2, 0.25) is 0 Å². The maximum atomic E-state index is 13.5. The van der Waals surface area contributed by atoms with Gasteiger partial charge in [0.15, 0.2) is 0 Å². The minimum absolute atomic E-state index is 0.0284. The van der Waals surface area contributed by atoms with Gasteiger partial charge in [-0.25, -0.2) is 4.39 Å². The maximum absolute atomic E-state index is 13.5. The number of nitrogens with one attached hydrogen (secondary N) is 3. The number of hydrogen-bond acceptors (Lipinski definition) is 6. The standard InChI is InChI=1S/C34H40FN5O4/c35-28-17-30(36-20-28)32(41)38-29-18-31(40(22-29)34(43)27-11-12-27)33(42)37-19-25-7-3-23(4-8-25)1-2-24-5-9-26(10-6-24)21-39-13-15-44-16-14-39/h3-10,27-31,36H,11-22H2,(H,37,42)(H,38,41)/t28-,29+,30-,31+/m0/s1. The molecule has 10 heteroatoms. The van der Waals surface area contributed by atoms with Crippen molar-refractivity contribution < 1.29 is 23.5 Å². The van der Waals surface area contributed by atoms with Gasteiger partial charge in [-0.3, -0.25) is 19.3 Å². The van der Waals surface area contributed by atoms with Gasteiger partial charge < -0.3 is 25.6 Å². The summed E-state index contributed by atoms with van der Waals surface area (Å²) in [6.45, 7) is 5.19. The highest BCUT2D eigenvalue weighted by atomic mass is 19.1. The molecule has 4 atom stereocenters. The molecule has 4 aliphatic rings. The van der Waals surface area contributed by atoms with Gasteiger partial charge in [0.1, 0.15) is 12.2 Å². The Balaban J connectivity index is 1.00. The topological polar surface area (TPSA) is 103 Å². The quantitative estimate of drug-likeness (QED) is 0.399. The van der Waals surface area contributed by atoms with Crippen LogP contribution in [0.5, 0.6) is 0 Å². The first kappa shape index (κ1) is 30.3. The van der Waals surface area contributed by atoms with Gasteiger partial charge in [-0.1, -0.05) is 36.1 Å². The Labute approximate surface area is 257 Å². The number of benzene rings is 2. The number of alkyl halides is 1. The van der Waals surface area contributed by atoms with Gasteiger partial charge in [0, 0.05) is 68.8 Å². The molecule has 0 spiro atoms. The average molecular weight is 602 g/mol. The molecule has 3 N–H and O–H groups in total. The highest BCUT2D eigenvalue weighted by Gasteiger charge is 2.45. The Hall–Kier alpha value is -3.78. The molecular formula is C34H40FN5O4. The molecule has 0 bridgehead atoms. The second-order valence-electron chi connectivity index (χ2n) is 12.3. The van der Waals surface area contributed by atoms with Gasteiger partial charge in [0.2, 0.25) is 17.7 Å². The van der Waals surface area contributed by atoms with E-state index in [1.54, 1.807) is 4.90 Å². The number of amides is 3. The van der Waals surface area contributed by atoms with Crippen molar-refractivity contribution in [1.29, 1.82) is 0 Å². The fraction of sp³-hybridized carbons (Fsp3) is 0.500. The lowest BCUT2D eigenvalue weighted by Crippen LogP contribution is -2.47. The van der Waals surface area contributed by atoms with Crippen molar-refractivity contribution in [2.45, 2.75) is 63.1 Å². The van der Waals surface area contributed by atoms with Crippen LogP contribution >= 0.6 is 0 Å². The van der Waals surface area contributed by atoms with Crippen LogP contribution < -0.4 is 16.0 Å². The van der Waals surface area contributed by atoms with Crippen LogP contribution in [0.4, 0.5) is 4.39 Å². The summed E-state index contributed by atoms with van der Waals surface area (Å²) in [5, 5.41) is 8.80. The van der Waals surface area contributed by atoms with E-state index in [4.69, 9.17) is 4.74 Å². The third-order valence-corrected chi connectivity index (χ3v) is 8.79. The van der Waals surface area contributed by atoms with E-state index >= 15 is 0 Å². The van der Waals surface area contributed by atoms with Gasteiger partial charge >= 0.3 is 0 Å². The van der Waals surface area contributed by atoms with Gasteiger partial charge in [-0.15, -0.1) is 0 Å². The molecule has 9 nitrogen and oxygen atoms in total. The molecule has 0 aromatic heterocycles. The number of rotatable bonds is 8. The van der Waals surface area contributed by atoms with Crippen LogP contribution in [-0.2, 0) is 32.2 Å². The van der Waals surface area contributed by atoms with Crippen LogP contribution in [0, 0.1) is 17.8 Å². The van der Waals surface area contributed by atoms with E-state index < -0.39 is 18.3 Å². The van der Waals surface area contributed by atoms with Crippen molar-refractivity contribution in [2.24, 2.45) is 5.92 Å². The third kappa shape index (κ3) is 7.83. The Morgan fingerprint density at radius 3 is 2.18 bits per heavy atom. The Morgan fingerprint density at radius 2 is 1.57 bits per heavy atom. The molecule has 6 rings (SSSR count). The summed E-state index contributed by atoms with van der Waals surface area (Å²) < 4.78 is 19.0. The number of morpholine rings is 1. The first-order chi connectivity index (χ1) is 21.4. The average Bonchev–Trinajstić information content (AvgIpc) is 3.67. The van der Waals surface area contributed by atoms with E-state index in [9.17, 15) is 18.8 Å². The lowest BCUT2D eigenvalue weighted by Gasteiger charge is -2.26. The van der Waals surface area contributed by atoms with Crippen molar-refractivity contribution in [2.75, 3.05) is 39.4 Å². The summed E-state index contributed by atoms with van der Waals surface area (Å²) in [5.74, 6) is 5.85. The van der Waals surface area contributed by atoms with Crippen molar-refractivity contribution in [3.05, 3.63) is 70.8 Å². The molecule has 3 heterocycles. The Morgan fingerprint density at radius 1 is 0.909 bits per heavy atom. The van der Waals surface area contributed by atoms with Crippen LogP contribution in [0.1, 0.15) is 47.9 Å². The summed E-state index contributed by atoms with van der Waals surface area (Å²) in [7, 11) is 0. The third-order valence-electron chi connectivity index (χ3n) is 8.79. The van der Waals surface area contributed by atoms with E-state index in [0.29, 0.717) is 13.0 Å². The largest absolute Gasteiger partial charge is 0.379 e. The van der Waals surface area contributed by atoms with E-state index in [0.717, 1.165) is 62.4 Å². The highest BCUT2D eigenvalue weighted by molar-refractivity contribution is 5.90. The van der Waals surface area contributed by atoms with E-state index in [2.05, 4.69) is 44.8 Å². The first-order valence-electron chi connectivity index (χ1n) is 15.7. The zero-order valence-corrected chi connectivity index (χ0v) is 24.9. The molecule has 3 amide bonds. The van der Waals surface area contributed by atoms with Gasteiger partial charge in [0.25, 0.3) is 0 Å². The normalized spacial score (nSPS) is 25.2. The number of likely N-dealkylation sites (tertiary alicyclic amines) is 1. The fourth-order valence-electron chi connectivity index (χ4n) is 6.06. The van der Waals surface area contributed by atoms with Crippen molar-refractivity contribution in [1.82, 2.24) is 25.8 Å². The van der Waals surface area contributed by atoms with E-state index in [1.165, 1.54) is 5.56 Å². The molecule has 2 aromatic rings. The molecule has 4 fully saturated rings. The number of halogens is 1. The monoisotopic (exact) mass is 601 g/mol. The number of ether oxygens (including phenoxy) is 1. The first-order valence-corrected chi connectivity index (χ1v) is 15.7. The van der Waals surface area contributed by atoms with Crippen molar-refractivity contribution in [3.8, 4) is 11.8 Å². The van der Waals surface area contributed by atoms with Crippen LogP contribution in [0.15, 0.2) is 48.5 Å². The molecule has 0 radical (unpaired) electrons. The molecule has 2 aromatic carbocycles. The van der Waals surface area contributed by atoms with Crippen LogP contribution in [0.25, 0.3) is 0 Å². The van der Waals surface area contributed by atoms with Gasteiger partial charge in [-0.05, 0) is 54.7 Å². The summed E-state index contributed by atoms with van der Waals surface area (Å²) in [6, 6.07) is 14.5. The zero-order valence-electron chi connectivity index (χ0n) is 24.9. The SMILES string of the molecule is O=C(N[C@@H]1C[C@H](C(=O)NCc2ccc(C#Cc3ccc(CN4CCOCC4)cc3)cc2)N(C(=O)C2CC2)C1)[C@@H]1C[C@H](F)CN1. The summed E-state index contributed by atoms with van der Waals surface area (Å²) in [6.07, 6.45) is 1.11. The maximum Gasteiger partial charge on any atom is 0.243 e. The molecular weight excluding hydrogens is 561 g/mol. The van der Waals surface area contributed by atoms with Crippen LogP contribution in [0.3, 0.4) is 0 Å². The molecule has 1 saturated carbocycles. The summed E-state index contributed by atoms with van der Waals surface area (Å²) in [5.41, 5.74) is 4.02. The highest BCUT2D eigenvalue weighted by Crippen LogP contribution is 2.34. The zero-order chi connectivity index (χ0) is 30.5. The molecule has 232 valence electrons. The minimum Gasteiger partial charge on any atom is -0.379 e. The minimum atomic E-state index is -1.04.